The molecule has 13 heteroatoms. The molecule has 2 atom stereocenters. The summed E-state index contributed by atoms with van der Waals surface area (Å²) in [6.45, 7) is 3.09. The zero-order valence-corrected chi connectivity index (χ0v) is 24.2. The summed E-state index contributed by atoms with van der Waals surface area (Å²) in [5, 5.41) is 13.2. The fourth-order valence-corrected chi connectivity index (χ4v) is 5.60. The fourth-order valence-electron chi connectivity index (χ4n) is 4.51. The standard InChI is InChI=1S/C26H28N4O7S.C2H7N/c1-18(31)27-11-13-28(14-12-27)24(32)23-15-22(38-25(33)20-5-3-2-4-6-20)16-29(23)26(34)37-17-19-7-9-21(10-8-19)30(35)36;1-3-2/h2-10,22-23H,11-17H2,1H3;3H,1-2H3. The van der Waals surface area contributed by atoms with Gasteiger partial charge in [-0.2, -0.15) is 0 Å². The summed E-state index contributed by atoms with van der Waals surface area (Å²) in [5.74, 6) is -0.291. The number of carbonyl (C=O) groups excluding carboxylic acids is 4. The molecule has 12 nitrogen and oxygen atoms in total. The third kappa shape index (κ3) is 8.76. The van der Waals surface area contributed by atoms with E-state index in [2.05, 4.69) is 5.32 Å². The molecule has 2 aliphatic rings. The van der Waals surface area contributed by atoms with E-state index in [1.807, 2.05) is 20.2 Å². The summed E-state index contributed by atoms with van der Waals surface area (Å²) in [6, 6.07) is 13.7. The number of amides is 3. The first-order valence-electron chi connectivity index (χ1n) is 13.2. The second-order valence-corrected chi connectivity index (χ2v) is 10.9. The van der Waals surface area contributed by atoms with Gasteiger partial charge in [-0.15, -0.1) is 0 Å². The number of piperazine rings is 1. The van der Waals surface area contributed by atoms with E-state index in [1.165, 1.54) is 36.1 Å². The van der Waals surface area contributed by atoms with Crippen LogP contribution in [-0.4, -0.2) is 101 Å². The maximum Gasteiger partial charge on any atom is 0.410 e. The molecule has 2 heterocycles. The molecule has 3 amide bonds. The molecule has 4 rings (SSSR count). The van der Waals surface area contributed by atoms with Crippen molar-refractivity contribution in [3.63, 3.8) is 0 Å². The van der Waals surface area contributed by atoms with E-state index in [-0.39, 0.29) is 41.0 Å². The van der Waals surface area contributed by atoms with Gasteiger partial charge in [-0.25, -0.2) is 4.79 Å². The van der Waals surface area contributed by atoms with Crippen molar-refractivity contribution in [2.45, 2.75) is 31.2 Å². The minimum Gasteiger partial charge on any atom is -0.445 e. The first-order chi connectivity index (χ1) is 19.6. The Morgan fingerprint density at radius 2 is 1.56 bits per heavy atom. The minimum atomic E-state index is -0.802. The van der Waals surface area contributed by atoms with Gasteiger partial charge in [0.2, 0.25) is 16.9 Å². The van der Waals surface area contributed by atoms with Gasteiger partial charge < -0.3 is 19.9 Å². The lowest BCUT2D eigenvalue weighted by Gasteiger charge is -2.36. The van der Waals surface area contributed by atoms with Crippen molar-refractivity contribution >= 4 is 40.5 Å². The number of hydrogen-bond donors (Lipinski definition) is 1. The van der Waals surface area contributed by atoms with Crippen LogP contribution in [0.25, 0.3) is 0 Å². The highest BCUT2D eigenvalue weighted by molar-refractivity contribution is 8.14. The van der Waals surface area contributed by atoms with E-state index >= 15 is 0 Å². The summed E-state index contributed by atoms with van der Waals surface area (Å²) in [4.78, 5) is 66.1. The molecule has 0 aliphatic carbocycles. The number of likely N-dealkylation sites (tertiary alicyclic amines) is 1. The van der Waals surface area contributed by atoms with Crippen molar-refractivity contribution in [1.82, 2.24) is 20.0 Å². The summed E-state index contributed by atoms with van der Waals surface area (Å²) in [5.41, 5.74) is 1.04. The Morgan fingerprint density at radius 1 is 0.976 bits per heavy atom. The molecular formula is C28H35N5O7S. The van der Waals surface area contributed by atoms with Gasteiger partial charge in [-0.1, -0.05) is 42.1 Å². The number of nitrogens with one attached hydrogen (secondary N) is 1. The molecule has 0 spiro atoms. The minimum absolute atomic E-state index is 0.0506. The lowest BCUT2D eigenvalue weighted by atomic mass is 10.1. The Kier molecular flexibility index (Phi) is 11.7. The van der Waals surface area contributed by atoms with Crippen LogP contribution in [0.2, 0.25) is 0 Å². The molecule has 0 saturated carbocycles. The average molecular weight is 586 g/mol. The predicted octanol–water partition coefficient (Wildman–Crippen LogP) is 2.77. The Morgan fingerprint density at radius 3 is 2.12 bits per heavy atom. The Labute approximate surface area is 243 Å². The number of carbonyl (C=O) groups is 4. The lowest BCUT2D eigenvalue weighted by molar-refractivity contribution is -0.384. The second kappa shape index (κ2) is 15.1. The molecule has 2 saturated heterocycles. The van der Waals surface area contributed by atoms with Gasteiger partial charge in [0.15, 0.2) is 0 Å². The monoisotopic (exact) mass is 585 g/mol. The van der Waals surface area contributed by atoms with Crippen molar-refractivity contribution in [3.8, 4) is 0 Å². The first-order valence-corrected chi connectivity index (χ1v) is 14.1. The van der Waals surface area contributed by atoms with Crippen LogP contribution in [0.4, 0.5) is 10.5 Å². The van der Waals surface area contributed by atoms with Gasteiger partial charge in [0, 0.05) is 62.6 Å². The molecule has 2 fully saturated rings. The topological polar surface area (TPSA) is 142 Å². The maximum absolute atomic E-state index is 13.5. The van der Waals surface area contributed by atoms with E-state index in [0.29, 0.717) is 43.7 Å². The van der Waals surface area contributed by atoms with Crippen LogP contribution >= 0.6 is 11.8 Å². The number of thioether (sulfide) groups is 1. The SMILES string of the molecule is CC(=O)N1CCN(C(=O)C2CC(SC(=O)c3ccccc3)CN2C(=O)OCc2ccc([N+](=O)[O-])cc2)CC1.CNC. The summed E-state index contributed by atoms with van der Waals surface area (Å²) in [7, 11) is 3.75. The van der Waals surface area contributed by atoms with Gasteiger partial charge in [-0.05, 0) is 38.2 Å². The molecule has 2 unspecified atom stereocenters. The van der Waals surface area contributed by atoms with Crippen molar-refractivity contribution in [2.24, 2.45) is 0 Å². The summed E-state index contributed by atoms with van der Waals surface area (Å²) >= 11 is 1.10. The molecule has 1 N–H and O–H groups in total. The number of benzene rings is 2. The molecule has 0 radical (unpaired) electrons. The molecular weight excluding hydrogens is 550 g/mol. The van der Waals surface area contributed by atoms with Gasteiger partial charge in [0.25, 0.3) is 5.69 Å². The highest BCUT2D eigenvalue weighted by Crippen LogP contribution is 2.32. The third-order valence-corrected chi connectivity index (χ3v) is 7.74. The summed E-state index contributed by atoms with van der Waals surface area (Å²) in [6.07, 6.45) is -0.402. The van der Waals surface area contributed by atoms with Gasteiger partial charge in [-0.3, -0.25) is 29.4 Å². The number of nitro groups is 1. The highest BCUT2D eigenvalue weighted by Gasteiger charge is 2.43. The van der Waals surface area contributed by atoms with E-state index in [1.54, 1.807) is 34.1 Å². The Balaban J connectivity index is 0.00000147. The second-order valence-electron chi connectivity index (χ2n) is 9.61. The number of ether oxygens (including phenoxy) is 1. The Bertz CT molecular complexity index is 1220. The van der Waals surface area contributed by atoms with E-state index in [4.69, 9.17) is 4.74 Å². The largest absolute Gasteiger partial charge is 0.445 e. The molecule has 0 bridgehead atoms. The quantitative estimate of drug-likeness (QED) is 0.400. The normalized spacial score (nSPS) is 18.3. The number of hydrogen-bond acceptors (Lipinski definition) is 9. The fraction of sp³-hybridized carbons (Fsp3) is 0.429. The number of non-ortho nitro benzene ring substituents is 1. The number of nitro benzene ring substituents is 1. The van der Waals surface area contributed by atoms with Crippen molar-refractivity contribution in [2.75, 3.05) is 46.8 Å². The lowest BCUT2D eigenvalue weighted by Crippen LogP contribution is -2.55. The van der Waals surface area contributed by atoms with E-state index < -0.39 is 17.1 Å². The smallest absolute Gasteiger partial charge is 0.410 e. The molecule has 41 heavy (non-hydrogen) atoms. The molecule has 2 aromatic carbocycles. The number of nitrogens with zero attached hydrogens (tertiary/aromatic N) is 4. The Hall–Kier alpha value is -3.97. The van der Waals surface area contributed by atoms with Crippen LogP contribution < -0.4 is 5.32 Å². The molecule has 0 aromatic heterocycles. The van der Waals surface area contributed by atoms with Crippen molar-refractivity contribution in [1.29, 1.82) is 0 Å². The van der Waals surface area contributed by atoms with Crippen LogP contribution in [0.3, 0.4) is 0 Å². The molecule has 2 aromatic rings. The average Bonchev–Trinajstić information content (AvgIpc) is 3.40. The molecule has 220 valence electrons. The third-order valence-electron chi connectivity index (χ3n) is 6.61. The van der Waals surface area contributed by atoms with Crippen LogP contribution in [0.1, 0.15) is 29.3 Å². The van der Waals surface area contributed by atoms with Gasteiger partial charge >= 0.3 is 6.09 Å². The molecule has 2 aliphatic heterocycles. The number of rotatable bonds is 6. The van der Waals surface area contributed by atoms with Gasteiger partial charge in [0.1, 0.15) is 12.6 Å². The van der Waals surface area contributed by atoms with Crippen molar-refractivity contribution in [3.05, 3.63) is 75.8 Å². The van der Waals surface area contributed by atoms with E-state index in [9.17, 15) is 29.3 Å². The zero-order valence-electron chi connectivity index (χ0n) is 23.4. The van der Waals surface area contributed by atoms with Crippen LogP contribution in [0.5, 0.6) is 0 Å². The predicted molar refractivity (Wildman–Crippen MR) is 154 cm³/mol. The van der Waals surface area contributed by atoms with Crippen LogP contribution in [0, 0.1) is 10.1 Å². The highest BCUT2D eigenvalue weighted by atomic mass is 32.2. The van der Waals surface area contributed by atoms with Crippen LogP contribution in [-0.2, 0) is 20.9 Å². The van der Waals surface area contributed by atoms with Crippen LogP contribution in [0.15, 0.2) is 54.6 Å². The van der Waals surface area contributed by atoms with Gasteiger partial charge in [0.05, 0.1) is 4.92 Å². The van der Waals surface area contributed by atoms with Crippen molar-refractivity contribution < 1.29 is 28.8 Å². The van der Waals surface area contributed by atoms with E-state index in [0.717, 1.165) is 11.8 Å². The zero-order chi connectivity index (χ0) is 29.9. The first kappa shape index (κ1) is 31.6. The summed E-state index contributed by atoms with van der Waals surface area (Å²) < 4.78 is 5.47. The maximum atomic E-state index is 13.5.